The van der Waals surface area contributed by atoms with Crippen LogP contribution in [0, 0.1) is 12.3 Å². The molecule has 0 heterocycles. The van der Waals surface area contributed by atoms with Gasteiger partial charge in [0.05, 0.1) is 6.04 Å². The number of anilines is 1. The summed E-state index contributed by atoms with van der Waals surface area (Å²) in [5.41, 5.74) is 1.38. The topological polar surface area (TPSA) is 78.4 Å². The number of hydrogen-bond acceptors (Lipinski definition) is 2. The number of para-hydroxylation sites is 1. The van der Waals surface area contributed by atoms with E-state index >= 15 is 0 Å². The van der Waals surface area contributed by atoms with Gasteiger partial charge in [0.15, 0.2) is 0 Å². The number of urea groups is 1. The van der Waals surface area contributed by atoms with E-state index in [-0.39, 0.29) is 18.5 Å². The third-order valence-corrected chi connectivity index (χ3v) is 2.96. The van der Waals surface area contributed by atoms with Gasteiger partial charge in [0.1, 0.15) is 0 Å². The highest BCUT2D eigenvalue weighted by Crippen LogP contribution is 2.16. The second-order valence-corrected chi connectivity index (χ2v) is 4.66. The number of benzene rings is 1. The van der Waals surface area contributed by atoms with Crippen molar-refractivity contribution in [3.8, 4) is 12.3 Å². The fraction of sp³-hybridized carbons (Fsp3) is 0.375. The highest BCUT2D eigenvalue weighted by molar-refractivity contribution is 5.90. The van der Waals surface area contributed by atoms with Crippen LogP contribution in [0.1, 0.15) is 31.7 Å². The molecule has 1 atom stereocenters. The summed E-state index contributed by atoms with van der Waals surface area (Å²) >= 11 is 0. The summed E-state index contributed by atoms with van der Waals surface area (Å²) in [5, 5.41) is 14.2. The maximum atomic E-state index is 11.9. The van der Waals surface area contributed by atoms with Crippen molar-refractivity contribution >= 4 is 17.7 Å². The first-order valence-corrected chi connectivity index (χ1v) is 6.90. The highest BCUT2D eigenvalue weighted by Gasteiger charge is 2.11. The van der Waals surface area contributed by atoms with Gasteiger partial charge in [-0.2, -0.15) is 0 Å². The molecule has 0 aliphatic carbocycles. The fourth-order valence-corrected chi connectivity index (χ4v) is 1.90. The second kappa shape index (κ2) is 8.64. The van der Waals surface area contributed by atoms with Crippen LogP contribution in [0.2, 0.25) is 0 Å². The molecule has 0 aliphatic heterocycles. The third-order valence-electron chi connectivity index (χ3n) is 2.96. The predicted octanol–water partition coefficient (Wildman–Crippen LogP) is 2.63. The number of carbonyl (C=O) groups excluding carboxylic acids is 1. The lowest BCUT2D eigenvalue weighted by Gasteiger charge is -2.15. The largest absolute Gasteiger partial charge is 0.481 e. The van der Waals surface area contributed by atoms with Gasteiger partial charge in [-0.3, -0.25) is 4.79 Å². The monoisotopic (exact) mass is 288 g/mol. The van der Waals surface area contributed by atoms with Crippen molar-refractivity contribution in [2.75, 3.05) is 5.32 Å². The molecule has 1 unspecified atom stereocenters. The van der Waals surface area contributed by atoms with Crippen molar-refractivity contribution in [1.82, 2.24) is 5.32 Å². The lowest BCUT2D eigenvalue weighted by molar-refractivity contribution is -0.136. The average Bonchev–Trinajstić information content (AvgIpc) is 2.45. The summed E-state index contributed by atoms with van der Waals surface area (Å²) in [7, 11) is 0. The highest BCUT2D eigenvalue weighted by atomic mass is 16.4. The molecular weight excluding hydrogens is 268 g/mol. The molecule has 0 fully saturated rings. The number of rotatable bonds is 7. The molecule has 1 aromatic carbocycles. The van der Waals surface area contributed by atoms with Crippen molar-refractivity contribution in [2.45, 2.75) is 38.6 Å². The van der Waals surface area contributed by atoms with Crippen molar-refractivity contribution in [1.29, 1.82) is 0 Å². The van der Waals surface area contributed by atoms with Crippen molar-refractivity contribution in [3.63, 3.8) is 0 Å². The van der Waals surface area contributed by atoms with Crippen molar-refractivity contribution < 1.29 is 14.7 Å². The summed E-state index contributed by atoms with van der Waals surface area (Å²) in [4.78, 5) is 22.6. The zero-order chi connectivity index (χ0) is 15.7. The molecule has 5 nitrogen and oxygen atoms in total. The summed E-state index contributed by atoms with van der Waals surface area (Å²) < 4.78 is 0. The van der Waals surface area contributed by atoms with E-state index in [1.807, 2.05) is 13.0 Å². The van der Waals surface area contributed by atoms with E-state index in [9.17, 15) is 9.59 Å². The van der Waals surface area contributed by atoms with Crippen LogP contribution < -0.4 is 10.6 Å². The molecule has 0 saturated carbocycles. The lowest BCUT2D eigenvalue weighted by Crippen LogP contribution is -2.37. The minimum atomic E-state index is -0.871. The molecule has 3 N–H and O–H groups in total. The van der Waals surface area contributed by atoms with E-state index in [1.54, 1.807) is 18.2 Å². The molecule has 0 saturated heterocycles. The van der Waals surface area contributed by atoms with Crippen molar-refractivity contribution in [2.24, 2.45) is 0 Å². The maximum absolute atomic E-state index is 11.9. The summed E-state index contributed by atoms with van der Waals surface area (Å²) in [6.07, 6.45) is 7.32. The Hall–Kier alpha value is -2.48. The smallest absolute Gasteiger partial charge is 0.320 e. The average molecular weight is 288 g/mol. The number of carboxylic acid groups (broad SMARTS) is 1. The first-order chi connectivity index (χ1) is 10.1. The molecule has 0 bridgehead atoms. The van der Waals surface area contributed by atoms with Gasteiger partial charge >= 0.3 is 12.0 Å². The van der Waals surface area contributed by atoms with E-state index < -0.39 is 5.97 Å². The van der Waals surface area contributed by atoms with E-state index in [4.69, 9.17) is 11.5 Å². The molecule has 2 amide bonds. The number of hydrogen-bond donors (Lipinski definition) is 3. The van der Waals surface area contributed by atoms with Gasteiger partial charge in [-0.05, 0) is 24.5 Å². The Labute approximate surface area is 124 Å². The van der Waals surface area contributed by atoms with Gasteiger partial charge in [0.25, 0.3) is 0 Å². The Morgan fingerprint density at radius 3 is 2.71 bits per heavy atom. The van der Waals surface area contributed by atoms with E-state index in [2.05, 4.69) is 16.6 Å². The molecule has 0 spiro atoms. The van der Waals surface area contributed by atoms with Gasteiger partial charge in [0.2, 0.25) is 0 Å². The van der Waals surface area contributed by atoms with Crippen molar-refractivity contribution in [3.05, 3.63) is 29.8 Å². The van der Waals surface area contributed by atoms with E-state index in [0.717, 1.165) is 12.0 Å². The molecule has 5 heteroatoms. The fourth-order valence-electron chi connectivity index (χ4n) is 1.90. The van der Waals surface area contributed by atoms with Gasteiger partial charge in [-0.25, -0.2) is 4.79 Å². The zero-order valence-electron chi connectivity index (χ0n) is 12.1. The Balaban J connectivity index is 2.67. The van der Waals surface area contributed by atoms with Gasteiger partial charge in [0, 0.05) is 12.1 Å². The standard InChI is InChI=1S/C16H20N2O3/c1-3-7-13(4-2)17-16(21)18-14-9-6-5-8-12(14)10-11-15(19)20/h2,5-6,8-9,13H,3,7,10-11H2,1H3,(H,19,20)(H2,17,18,21). The number of carboxylic acids is 1. The molecule has 112 valence electrons. The quantitative estimate of drug-likeness (QED) is 0.675. The Morgan fingerprint density at radius 2 is 2.10 bits per heavy atom. The van der Waals surface area contributed by atoms with Crippen LogP contribution in [0.4, 0.5) is 10.5 Å². The number of aryl methyl sites for hydroxylation is 1. The SMILES string of the molecule is C#CC(CCC)NC(=O)Nc1ccccc1CCC(=O)O. The van der Waals surface area contributed by atoms with Crippen LogP contribution in [0.15, 0.2) is 24.3 Å². The lowest BCUT2D eigenvalue weighted by atomic mass is 10.1. The summed E-state index contributed by atoms with van der Waals surface area (Å²) in [6, 6.07) is 6.44. The third kappa shape index (κ3) is 6.00. The number of aliphatic carboxylic acids is 1. The summed E-state index contributed by atoms with van der Waals surface area (Å²) in [6.45, 7) is 1.99. The van der Waals surface area contributed by atoms with E-state index in [1.165, 1.54) is 0 Å². The van der Waals surface area contributed by atoms with Crippen LogP contribution in [-0.4, -0.2) is 23.1 Å². The predicted molar refractivity (Wildman–Crippen MR) is 82.1 cm³/mol. The van der Waals surface area contributed by atoms with Crippen LogP contribution in [0.25, 0.3) is 0 Å². The first kappa shape index (κ1) is 16.6. The molecule has 0 radical (unpaired) electrons. The zero-order valence-corrected chi connectivity index (χ0v) is 12.1. The van der Waals surface area contributed by atoms with Crippen LogP contribution in [-0.2, 0) is 11.2 Å². The Kier molecular flexibility index (Phi) is 6.82. The Morgan fingerprint density at radius 1 is 1.38 bits per heavy atom. The minimum absolute atomic E-state index is 0.0170. The van der Waals surface area contributed by atoms with Gasteiger partial charge in [-0.15, -0.1) is 6.42 Å². The Bertz CT molecular complexity index is 535. The number of amides is 2. The van der Waals surface area contributed by atoms with Gasteiger partial charge < -0.3 is 15.7 Å². The molecular formula is C16H20N2O3. The van der Waals surface area contributed by atoms with Crippen LogP contribution >= 0.6 is 0 Å². The second-order valence-electron chi connectivity index (χ2n) is 4.66. The number of terminal acetylenes is 1. The number of nitrogens with one attached hydrogen (secondary N) is 2. The molecule has 0 aromatic heterocycles. The van der Waals surface area contributed by atoms with Crippen LogP contribution in [0.3, 0.4) is 0 Å². The molecule has 1 aromatic rings. The van der Waals surface area contributed by atoms with Gasteiger partial charge in [-0.1, -0.05) is 37.5 Å². The van der Waals surface area contributed by atoms with Crippen LogP contribution in [0.5, 0.6) is 0 Å². The maximum Gasteiger partial charge on any atom is 0.320 e. The summed E-state index contributed by atoms with van der Waals surface area (Å²) in [5.74, 6) is 1.65. The molecule has 0 aliphatic rings. The normalized spacial score (nSPS) is 11.2. The first-order valence-electron chi connectivity index (χ1n) is 6.90. The molecule has 21 heavy (non-hydrogen) atoms. The van der Waals surface area contributed by atoms with E-state index in [0.29, 0.717) is 18.5 Å². The molecule has 1 rings (SSSR count). The minimum Gasteiger partial charge on any atom is -0.481 e. The number of carbonyl (C=O) groups is 2.